The number of aliphatic hydroxyl groups is 1. The van der Waals surface area contributed by atoms with Crippen LogP contribution in [0, 0.1) is 23.0 Å². The summed E-state index contributed by atoms with van der Waals surface area (Å²) in [4.78, 5) is 20.5. The van der Waals surface area contributed by atoms with Crippen molar-refractivity contribution in [3.05, 3.63) is 113 Å². The van der Waals surface area contributed by atoms with Gasteiger partial charge < -0.3 is 19.5 Å². The average molecular weight is 601 g/mol. The molecule has 1 atom stereocenters. The highest BCUT2D eigenvalue weighted by Gasteiger charge is 2.29. The van der Waals surface area contributed by atoms with E-state index in [2.05, 4.69) is 9.97 Å². The van der Waals surface area contributed by atoms with Gasteiger partial charge in [0.25, 0.3) is 0 Å². The quantitative estimate of drug-likeness (QED) is 0.195. The molecule has 0 spiro atoms. The highest BCUT2D eigenvalue weighted by atomic mass is 19.1. The van der Waals surface area contributed by atoms with E-state index in [0.29, 0.717) is 28.1 Å². The second kappa shape index (κ2) is 12.2. The fourth-order valence-electron chi connectivity index (χ4n) is 4.59. The summed E-state index contributed by atoms with van der Waals surface area (Å²) < 4.78 is 51.8. The maximum absolute atomic E-state index is 15.5. The summed E-state index contributed by atoms with van der Waals surface area (Å²) in [7, 11) is 0. The molecular formula is C33H27F3N4O4. The number of alkyl halides is 1. The van der Waals surface area contributed by atoms with Crippen molar-refractivity contribution in [2.24, 2.45) is 0 Å². The second-order valence-corrected chi connectivity index (χ2v) is 10.8. The number of ether oxygens (including phenoxy) is 1. The lowest BCUT2D eigenvalue weighted by atomic mass is 10.0. The number of carboxylic acid groups (broad SMARTS) is 1. The summed E-state index contributed by atoms with van der Waals surface area (Å²) in [5.74, 6) is -1.82. The number of hydrogen-bond acceptors (Lipinski definition) is 6. The minimum Gasteiger partial charge on any atom is -0.478 e. The first-order valence-corrected chi connectivity index (χ1v) is 13.6. The maximum Gasteiger partial charge on any atom is 0.335 e. The van der Waals surface area contributed by atoms with E-state index in [9.17, 15) is 23.8 Å². The number of carbonyl (C=O) groups is 1. The summed E-state index contributed by atoms with van der Waals surface area (Å²) in [5.41, 5.74) is 0.635. The number of hydrogen-bond donors (Lipinski definition) is 2. The van der Waals surface area contributed by atoms with Gasteiger partial charge in [0.05, 0.1) is 46.1 Å². The molecule has 0 bridgehead atoms. The van der Waals surface area contributed by atoms with Crippen LogP contribution in [0.2, 0.25) is 0 Å². The molecule has 44 heavy (non-hydrogen) atoms. The van der Waals surface area contributed by atoms with Gasteiger partial charge >= 0.3 is 5.97 Å². The van der Waals surface area contributed by atoms with Crippen molar-refractivity contribution in [2.45, 2.75) is 45.2 Å². The standard InChI is InChI=1S/C33H27F3N4O4/c1-33(2,43)29(36)17-40-28-14-22(32(41)42)10-11-27(28)38-30(40)15-20-8-9-21(13-25(20)35)26-4-3-5-31(39-26)44-18-23-7-6-19(16-37)12-24(23)34/h3-14,29,43H,15,17-18H2,1-2H3,(H,41,42). The lowest BCUT2D eigenvalue weighted by Gasteiger charge is -2.23. The highest BCUT2D eigenvalue weighted by Crippen LogP contribution is 2.27. The molecule has 2 aromatic heterocycles. The Hall–Kier alpha value is -5.21. The van der Waals surface area contributed by atoms with Crippen molar-refractivity contribution >= 4 is 17.0 Å². The van der Waals surface area contributed by atoms with Gasteiger partial charge in [-0.25, -0.2) is 27.9 Å². The second-order valence-electron chi connectivity index (χ2n) is 10.8. The molecule has 3 aromatic carbocycles. The number of rotatable bonds is 10. The third kappa shape index (κ3) is 6.55. The third-order valence-electron chi connectivity index (χ3n) is 7.16. The zero-order valence-corrected chi connectivity index (χ0v) is 23.8. The number of imidazole rings is 1. The smallest absolute Gasteiger partial charge is 0.335 e. The van der Waals surface area contributed by atoms with Gasteiger partial charge in [0.1, 0.15) is 30.2 Å². The minimum atomic E-state index is -1.71. The van der Waals surface area contributed by atoms with E-state index >= 15 is 4.39 Å². The van der Waals surface area contributed by atoms with Crippen molar-refractivity contribution < 1.29 is 32.9 Å². The van der Waals surface area contributed by atoms with E-state index < -0.39 is 29.4 Å². The van der Waals surface area contributed by atoms with Crippen molar-refractivity contribution in [3.63, 3.8) is 0 Å². The molecule has 0 aliphatic heterocycles. The van der Waals surface area contributed by atoms with E-state index in [4.69, 9.17) is 10.00 Å². The predicted molar refractivity (Wildman–Crippen MR) is 156 cm³/mol. The number of nitriles is 1. The summed E-state index contributed by atoms with van der Waals surface area (Å²) in [6, 6.07) is 19.6. The third-order valence-corrected chi connectivity index (χ3v) is 7.16. The normalized spacial score (nSPS) is 12.2. The van der Waals surface area contributed by atoms with E-state index in [-0.39, 0.29) is 47.7 Å². The van der Waals surface area contributed by atoms with Crippen LogP contribution in [-0.2, 0) is 19.6 Å². The first-order chi connectivity index (χ1) is 20.9. The zero-order valence-electron chi connectivity index (χ0n) is 23.8. The molecule has 2 N–H and O–H groups in total. The Morgan fingerprint density at radius 2 is 1.77 bits per heavy atom. The molecule has 0 amide bonds. The molecule has 1 unspecified atom stereocenters. The molecule has 0 radical (unpaired) electrons. The Morgan fingerprint density at radius 1 is 1.02 bits per heavy atom. The molecule has 0 aliphatic rings. The number of pyridine rings is 1. The summed E-state index contributed by atoms with van der Waals surface area (Å²) in [5, 5.41) is 28.5. The lowest BCUT2D eigenvalue weighted by Crippen LogP contribution is -2.36. The lowest BCUT2D eigenvalue weighted by molar-refractivity contribution is -0.0102. The van der Waals surface area contributed by atoms with Gasteiger partial charge in [0.2, 0.25) is 5.88 Å². The summed E-state index contributed by atoms with van der Waals surface area (Å²) in [6.45, 7) is 2.22. The Kier molecular flexibility index (Phi) is 8.38. The van der Waals surface area contributed by atoms with Gasteiger partial charge in [0, 0.05) is 23.6 Å². The van der Waals surface area contributed by atoms with E-state index in [0.717, 1.165) is 6.07 Å². The fourth-order valence-corrected chi connectivity index (χ4v) is 4.59. The molecule has 224 valence electrons. The van der Waals surface area contributed by atoms with Crippen molar-refractivity contribution in [2.75, 3.05) is 0 Å². The Balaban J connectivity index is 1.40. The van der Waals surface area contributed by atoms with Crippen molar-refractivity contribution in [1.82, 2.24) is 14.5 Å². The van der Waals surface area contributed by atoms with Crippen LogP contribution < -0.4 is 4.74 Å². The largest absolute Gasteiger partial charge is 0.478 e. The number of aromatic carboxylic acids is 1. The molecular weight excluding hydrogens is 573 g/mol. The van der Waals surface area contributed by atoms with Gasteiger partial charge in [-0.1, -0.05) is 24.3 Å². The molecule has 0 aliphatic carbocycles. The Morgan fingerprint density at radius 3 is 2.45 bits per heavy atom. The monoisotopic (exact) mass is 600 g/mol. The number of nitrogens with zero attached hydrogens (tertiary/aromatic N) is 4. The topological polar surface area (TPSA) is 121 Å². The van der Waals surface area contributed by atoms with Crippen LogP contribution in [0.15, 0.2) is 72.8 Å². The highest BCUT2D eigenvalue weighted by molar-refractivity contribution is 5.92. The van der Waals surface area contributed by atoms with Crippen LogP contribution in [-0.4, -0.2) is 42.5 Å². The van der Waals surface area contributed by atoms with Gasteiger partial charge in [-0.3, -0.25) is 0 Å². The van der Waals surface area contributed by atoms with E-state index in [1.165, 1.54) is 54.8 Å². The number of halogens is 3. The molecule has 11 heteroatoms. The first kappa shape index (κ1) is 30.3. The van der Waals surface area contributed by atoms with Crippen LogP contribution in [0.5, 0.6) is 5.88 Å². The van der Waals surface area contributed by atoms with Crippen LogP contribution in [0.4, 0.5) is 13.2 Å². The maximum atomic E-state index is 15.5. The number of benzene rings is 3. The van der Waals surface area contributed by atoms with E-state index in [1.807, 2.05) is 6.07 Å². The van der Waals surface area contributed by atoms with Crippen molar-refractivity contribution in [1.29, 1.82) is 5.26 Å². The molecule has 8 nitrogen and oxygen atoms in total. The molecule has 5 rings (SSSR count). The van der Waals surface area contributed by atoms with Gasteiger partial charge in [-0.15, -0.1) is 0 Å². The van der Waals surface area contributed by atoms with Crippen LogP contribution in [0.25, 0.3) is 22.3 Å². The van der Waals surface area contributed by atoms with Gasteiger partial charge in [-0.2, -0.15) is 5.26 Å². The molecule has 2 heterocycles. The molecule has 5 aromatic rings. The SMILES string of the molecule is CC(C)(O)C(F)Cn1c(Cc2ccc(-c3cccc(OCc4ccc(C#N)cc4F)n3)cc2F)nc2ccc(C(=O)O)cc21. The van der Waals surface area contributed by atoms with Crippen LogP contribution in [0.3, 0.4) is 0 Å². The zero-order chi connectivity index (χ0) is 31.6. The van der Waals surface area contributed by atoms with Gasteiger partial charge in [0.15, 0.2) is 0 Å². The number of aromatic nitrogens is 3. The summed E-state index contributed by atoms with van der Waals surface area (Å²) >= 11 is 0. The number of fused-ring (bicyclic) bond motifs is 1. The Labute approximate surface area is 250 Å². The predicted octanol–water partition coefficient (Wildman–Crippen LogP) is 6.23. The first-order valence-electron chi connectivity index (χ1n) is 13.6. The van der Waals surface area contributed by atoms with E-state index in [1.54, 1.807) is 30.3 Å². The molecule has 0 fully saturated rings. The Bertz CT molecular complexity index is 1910. The van der Waals surface area contributed by atoms with Gasteiger partial charge in [-0.05, 0) is 61.9 Å². The number of carboxylic acids is 1. The molecule has 0 saturated heterocycles. The minimum absolute atomic E-state index is 0.0138. The van der Waals surface area contributed by atoms with Crippen LogP contribution >= 0.6 is 0 Å². The average Bonchev–Trinajstić information content (AvgIpc) is 3.32. The fraction of sp³-hybridized carbons (Fsp3) is 0.212. The van der Waals surface area contributed by atoms with Crippen LogP contribution in [0.1, 0.15) is 46.7 Å². The molecule has 0 saturated carbocycles. The summed E-state index contributed by atoms with van der Waals surface area (Å²) in [6.07, 6.45) is -1.75. The van der Waals surface area contributed by atoms with Crippen molar-refractivity contribution in [3.8, 4) is 23.2 Å².